The van der Waals surface area contributed by atoms with Gasteiger partial charge in [-0.1, -0.05) is 6.07 Å². The Morgan fingerprint density at radius 3 is 2.67 bits per heavy atom. The number of rotatable bonds is 1. The highest BCUT2D eigenvalue weighted by atomic mass is 16.3. The molecule has 0 bridgehead atoms. The lowest BCUT2D eigenvalue weighted by Crippen LogP contribution is -1.80. The Hall–Kier alpha value is -2.26. The normalized spacial score (nSPS) is 11.8. The molecule has 2 aromatic carbocycles. The SMILES string of the molecule is OCc1ccc2oc3cc4ccoc4cc3c2c1. The predicted molar refractivity (Wildman–Crippen MR) is 69.4 cm³/mol. The van der Waals surface area contributed by atoms with E-state index in [0.717, 1.165) is 38.5 Å². The van der Waals surface area contributed by atoms with Crippen LogP contribution in [0.15, 0.2) is 51.5 Å². The summed E-state index contributed by atoms with van der Waals surface area (Å²) in [6.07, 6.45) is 1.67. The number of hydrogen-bond donors (Lipinski definition) is 1. The lowest BCUT2D eigenvalue weighted by atomic mass is 10.1. The maximum atomic E-state index is 9.20. The average molecular weight is 238 g/mol. The minimum absolute atomic E-state index is 0.0333. The third kappa shape index (κ3) is 1.22. The fourth-order valence-corrected chi connectivity index (χ4v) is 2.38. The van der Waals surface area contributed by atoms with Gasteiger partial charge in [-0.05, 0) is 35.9 Å². The van der Waals surface area contributed by atoms with E-state index in [4.69, 9.17) is 8.83 Å². The van der Waals surface area contributed by atoms with E-state index in [0.29, 0.717) is 0 Å². The molecule has 0 aliphatic heterocycles. The second kappa shape index (κ2) is 3.37. The van der Waals surface area contributed by atoms with Crippen molar-refractivity contribution in [1.82, 2.24) is 0 Å². The van der Waals surface area contributed by atoms with E-state index >= 15 is 0 Å². The molecule has 18 heavy (non-hydrogen) atoms. The fourth-order valence-electron chi connectivity index (χ4n) is 2.38. The first kappa shape index (κ1) is 9.74. The molecule has 0 amide bonds. The Balaban J connectivity index is 2.19. The maximum Gasteiger partial charge on any atom is 0.136 e. The minimum Gasteiger partial charge on any atom is -0.464 e. The molecule has 2 heterocycles. The summed E-state index contributed by atoms with van der Waals surface area (Å²) in [5.41, 5.74) is 3.40. The Labute approximate surface area is 102 Å². The molecule has 0 aliphatic rings. The van der Waals surface area contributed by atoms with Gasteiger partial charge >= 0.3 is 0 Å². The van der Waals surface area contributed by atoms with Crippen LogP contribution in [0.3, 0.4) is 0 Å². The molecule has 0 spiro atoms. The zero-order chi connectivity index (χ0) is 12.1. The lowest BCUT2D eigenvalue weighted by Gasteiger charge is -1.94. The van der Waals surface area contributed by atoms with Gasteiger partial charge in [-0.25, -0.2) is 0 Å². The first-order valence-corrected chi connectivity index (χ1v) is 5.78. The highest BCUT2D eigenvalue weighted by Crippen LogP contribution is 2.32. The molecule has 3 heteroatoms. The molecule has 0 saturated heterocycles. The second-order valence-electron chi connectivity index (χ2n) is 4.40. The Kier molecular flexibility index (Phi) is 1.82. The van der Waals surface area contributed by atoms with E-state index in [-0.39, 0.29) is 6.61 Å². The van der Waals surface area contributed by atoms with E-state index in [2.05, 4.69) is 0 Å². The van der Waals surface area contributed by atoms with Crippen molar-refractivity contribution in [3.05, 3.63) is 48.2 Å². The average Bonchev–Trinajstić information content (AvgIpc) is 2.98. The molecule has 0 atom stereocenters. The van der Waals surface area contributed by atoms with Crippen molar-refractivity contribution in [2.75, 3.05) is 0 Å². The lowest BCUT2D eigenvalue weighted by molar-refractivity contribution is 0.282. The molecule has 0 fully saturated rings. The van der Waals surface area contributed by atoms with Crippen LogP contribution in [0.25, 0.3) is 32.9 Å². The van der Waals surface area contributed by atoms with Gasteiger partial charge < -0.3 is 13.9 Å². The van der Waals surface area contributed by atoms with Gasteiger partial charge in [0.2, 0.25) is 0 Å². The van der Waals surface area contributed by atoms with Gasteiger partial charge in [-0.2, -0.15) is 0 Å². The summed E-state index contributed by atoms with van der Waals surface area (Å²) in [4.78, 5) is 0. The highest BCUT2D eigenvalue weighted by molar-refractivity contribution is 6.09. The molecular formula is C15H10O3. The molecule has 0 saturated carbocycles. The van der Waals surface area contributed by atoms with Crippen LogP contribution in [0.4, 0.5) is 0 Å². The quantitative estimate of drug-likeness (QED) is 0.548. The van der Waals surface area contributed by atoms with Crippen LogP contribution in [0, 0.1) is 0 Å². The second-order valence-corrected chi connectivity index (χ2v) is 4.40. The number of hydrogen-bond acceptors (Lipinski definition) is 3. The predicted octanol–water partition coefficient (Wildman–Crippen LogP) is 3.82. The van der Waals surface area contributed by atoms with Crippen LogP contribution in [0.1, 0.15) is 5.56 Å². The minimum atomic E-state index is 0.0333. The summed E-state index contributed by atoms with van der Waals surface area (Å²) in [6.45, 7) is 0.0333. The van der Waals surface area contributed by atoms with Gasteiger partial charge in [-0.15, -0.1) is 0 Å². The van der Waals surface area contributed by atoms with E-state index in [1.165, 1.54) is 0 Å². The standard InChI is InChI=1S/C15H10O3/c16-8-9-1-2-13-11(5-9)12-7-14-10(3-4-17-14)6-15(12)18-13/h1-7,16H,8H2. The summed E-state index contributed by atoms with van der Waals surface area (Å²) in [5, 5.41) is 12.3. The summed E-state index contributed by atoms with van der Waals surface area (Å²) < 4.78 is 11.2. The van der Waals surface area contributed by atoms with Crippen molar-refractivity contribution in [3.8, 4) is 0 Å². The molecule has 0 unspecified atom stereocenters. The molecule has 0 aliphatic carbocycles. The van der Waals surface area contributed by atoms with Crippen LogP contribution in [0.5, 0.6) is 0 Å². The van der Waals surface area contributed by atoms with Crippen LogP contribution in [-0.2, 0) is 6.61 Å². The number of aliphatic hydroxyl groups is 1. The zero-order valence-electron chi connectivity index (χ0n) is 9.51. The van der Waals surface area contributed by atoms with E-state index in [1.807, 2.05) is 36.4 Å². The highest BCUT2D eigenvalue weighted by Gasteiger charge is 2.10. The van der Waals surface area contributed by atoms with Crippen molar-refractivity contribution < 1.29 is 13.9 Å². The third-order valence-corrected chi connectivity index (χ3v) is 3.29. The van der Waals surface area contributed by atoms with Crippen LogP contribution in [0.2, 0.25) is 0 Å². The van der Waals surface area contributed by atoms with Crippen molar-refractivity contribution >= 4 is 32.9 Å². The largest absolute Gasteiger partial charge is 0.464 e. The zero-order valence-corrected chi connectivity index (χ0v) is 9.51. The first-order valence-electron chi connectivity index (χ1n) is 5.78. The van der Waals surface area contributed by atoms with Gasteiger partial charge in [0.05, 0.1) is 12.9 Å². The first-order chi connectivity index (χ1) is 8.85. The maximum absolute atomic E-state index is 9.20. The summed E-state index contributed by atoms with van der Waals surface area (Å²) in [7, 11) is 0. The van der Waals surface area contributed by atoms with Gasteiger partial charge in [0.1, 0.15) is 16.7 Å². The van der Waals surface area contributed by atoms with E-state index in [9.17, 15) is 5.11 Å². The summed E-state index contributed by atoms with van der Waals surface area (Å²) in [5.74, 6) is 0. The van der Waals surface area contributed by atoms with E-state index in [1.54, 1.807) is 6.26 Å². The molecule has 88 valence electrons. The van der Waals surface area contributed by atoms with Gasteiger partial charge in [-0.3, -0.25) is 0 Å². The van der Waals surface area contributed by atoms with E-state index < -0.39 is 0 Å². The van der Waals surface area contributed by atoms with Gasteiger partial charge in [0, 0.05) is 16.2 Å². The monoisotopic (exact) mass is 238 g/mol. The van der Waals surface area contributed by atoms with Crippen molar-refractivity contribution in [1.29, 1.82) is 0 Å². The molecular weight excluding hydrogens is 228 g/mol. The summed E-state index contributed by atoms with van der Waals surface area (Å²) >= 11 is 0. The van der Waals surface area contributed by atoms with Crippen LogP contribution < -0.4 is 0 Å². The third-order valence-electron chi connectivity index (χ3n) is 3.29. The number of aliphatic hydroxyl groups excluding tert-OH is 1. The fraction of sp³-hybridized carbons (Fsp3) is 0.0667. The molecule has 0 radical (unpaired) electrons. The smallest absolute Gasteiger partial charge is 0.136 e. The molecule has 3 nitrogen and oxygen atoms in total. The van der Waals surface area contributed by atoms with Crippen LogP contribution >= 0.6 is 0 Å². The van der Waals surface area contributed by atoms with Gasteiger partial charge in [0.25, 0.3) is 0 Å². The van der Waals surface area contributed by atoms with Crippen molar-refractivity contribution in [2.24, 2.45) is 0 Å². The molecule has 2 aromatic heterocycles. The number of benzene rings is 2. The number of fused-ring (bicyclic) bond motifs is 4. The molecule has 4 rings (SSSR count). The summed E-state index contributed by atoms with van der Waals surface area (Å²) in [6, 6.07) is 11.6. The Morgan fingerprint density at radius 2 is 1.78 bits per heavy atom. The topological polar surface area (TPSA) is 46.5 Å². The molecule has 4 aromatic rings. The van der Waals surface area contributed by atoms with Crippen molar-refractivity contribution in [2.45, 2.75) is 6.61 Å². The number of furan rings is 2. The Morgan fingerprint density at radius 1 is 0.889 bits per heavy atom. The van der Waals surface area contributed by atoms with Crippen LogP contribution in [-0.4, -0.2) is 5.11 Å². The van der Waals surface area contributed by atoms with Gasteiger partial charge in [0.15, 0.2) is 0 Å². The Bertz CT molecular complexity index is 867. The van der Waals surface area contributed by atoms with Crippen molar-refractivity contribution in [3.63, 3.8) is 0 Å². The molecule has 1 N–H and O–H groups in total.